The van der Waals surface area contributed by atoms with Crippen LogP contribution in [0.3, 0.4) is 0 Å². The average molecular weight is 767 g/mol. The molecular weight excluding hydrogens is 739 g/mol. The van der Waals surface area contributed by atoms with Gasteiger partial charge < -0.3 is 9.84 Å². The molecule has 2 saturated heterocycles. The van der Waals surface area contributed by atoms with Crippen LogP contribution in [-0.4, -0.2) is 35.8 Å². The molecule has 6 unspecified atom stereocenters. The van der Waals surface area contributed by atoms with E-state index in [1.165, 1.54) is 16.9 Å². The fourth-order valence-electron chi connectivity index (χ4n) is 7.98. The molecule has 1 saturated carbocycles. The summed E-state index contributed by atoms with van der Waals surface area (Å²) in [5.74, 6) is -4.01. The number of nitrogens with zero attached hydrogens (tertiary/aromatic N) is 2. The molecule has 0 bridgehead atoms. The smallest absolute Gasteiger partial charge is 0.241 e. The number of imide groups is 2. The van der Waals surface area contributed by atoms with Crippen LogP contribution in [-0.2, 0) is 19.2 Å². The van der Waals surface area contributed by atoms with Crippen molar-refractivity contribution in [2.24, 2.45) is 29.1 Å². The van der Waals surface area contributed by atoms with E-state index in [-0.39, 0.29) is 41.5 Å². The second-order valence-corrected chi connectivity index (χ2v) is 14.1. The lowest BCUT2D eigenvalue weighted by molar-refractivity contribution is -0.131. The lowest BCUT2D eigenvalue weighted by Gasteiger charge is -2.49. The zero-order valence-electron chi connectivity index (χ0n) is 23.9. The van der Waals surface area contributed by atoms with Gasteiger partial charge in [0.05, 0.1) is 46.1 Å². The molecule has 2 aliphatic carbocycles. The van der Waals surface area contributed by atoms with Crippen LogP contribution in [0.1, 0.15) is 31.2 Å². The summed E-state index contributed by atoms with van der Waals surface area (Å²) >= 11 is 5.62. The van der Waals surface area contributed by atoms with Gasteiger partial charge in [-0.25, -0.2) is 4.90 Å². The molecule has 8 nitrogen and oxygen atoms in total. The number of phenols is 1. The van der Waals surface area contributed by atoms with Gasteiger partial charge in [-0.2, -0.15) is 0 Å². The van der Waals surface area contributed by atoms with E-state index in [1.54, 1.807) is 48.5 Å². The van der Waals surface area contributed by atoms with Crippen molar-refractivity contribution in [3.63, 3.8) is 0 Å². The molecule has 1 N–H and O–H groups in total. The monoisotopic (exact) mass is 766 g/mol. The molecule has 0 radical (unpaired) electrons. The second-order valence-electron chi connectivity index (χ2n) is 12.0. The van der Waals surface area contributed by atoms with Crippen LogP contribution >= 0.6 is 38.5 Å². The number of hydrogen-bond donors (Lipinski definition) is 1. The van der Waals surface area contributed by atoms with Crippen molar-refractivity contribution in [3.05, 3.63) is 92.0 Å². The van der Waals surface area contributed by atoms with Crippen LogP contribution in [0.2, 0.25) is 0 Å². The lowest BCUT2D eigenvalue weighted by Crippen LogP contribution is -2.48. The third-order valence-corrected chi connectivity index (χ3v) is 11.3. The number of methoxy groups -OCH3 is 1. The Hall–Kier alpha value is -3.51. The maximum Gasteiger partial charge on any atom is 0.241 e. The number of benzene rings is 3. The number of para-hydroxylation sites is 1. The van der Waals surface area contributed by atoms with E-state index in [0.717, 1.165) is 9.14 Å². The summed E-state index contributed by atoms with van der Waals surface area (Å²) in [5.41, 5.74) is 1.38. The number of allylic oxidation sites excluding steroid dienone is 2. The summed E-state index contributed by atoms with van der Waals surface area (Å²) in [7, 11) is 1.45. The number of fused-ring (bicyclic) bond motifs is 4. The molecule has 3 aromatic rings. The quantitative estimate of drug-likeness (QED) is 0.193. The van der Waals surface area contributed by atoms with Crippen LogP contribution in [0.15, 0.2) is 82.9 Å². The van der Waals surface area contributed by atoms with Gasteiger partial charge in [0, 0.05) is 9.49 Å². The number of aromatic hydroxyl groups is 1. The zero-order chi connectivity index (χ0) is 31.1. The van der Waals surface area contributed by atoms with Gasteiger partial charge >= 0.3 is 0 Å². The van der Waals surface area contributed by atoms with E-state index < -0.39 is 35.0 Å². The van der Waals surface area contributed by atoms with Gasteiger partial charge in [0.15, 0.2) is 11.5 Å². The maximum atomic E-state index is 14.5. The first-order valence-corrected chi connectivity index (χ1v) is 16.3. The number of amides is 4. The van der Waals surface area contributed by atoms with Gasteiger partial charge in [-0.05, 0) is 118 Å². The molecule has 0 aromatic heterocycles. The number of carbonyl (C=O) groups excluding carboxylic acids is 4. The van der Waals surface area contributed by atoms with Crippen molar-refractivity contribution in [1.29, 1.82) is 0 Å². The Morgan fingerprint density at radius 1 is 0.909 bits per heavy atom. The third-order valence-electron chi connectivity index (χ3n) is 9.98. The highest BCUT2D eigenvalue weighted by atomic mass is 127. The Labute approximate surface area is 276 Å². The van der Waals surface area contributed by atoms with E-state index in [1.807, 2.05) is 31.2 Å². The molecule has 4 amide bonds. The van der Waals surface area contributed by atoms with E-state index in [2.05, 4.69) is 38.5 Å². The van der Waals surface area contributed by atoms with Crippen molar-refractivity contribution in [1.82, 2.24) is 0 Å². The fraction of sp³-hybridized carbons (Fsp3) is 0.294. The van der Waals surface area contributed by atoms with Gasteiger partial charge in [-0.3, -0.25) is 24.1 Å². The summed E-state index contributed by atoms with van der Waals surface area (Å²) in [6.07, 6.45) is 2.63. The summed E-state index contributed by atoms with van der Waals surface area (Å²) < 4.78 is 6.86. The highest BCUT2D eigenvalue weighted by Gasteiger charge is 2.67. The molecule has 0 spiro atoms. The first-order chi connectivity index (χ1) is 21.1. The molecule has 3 aromatic carbocycles. The number of anilines is 2. The van der Waals surface area contributed by atoms with Crippen LogP contribution < -0.4 is 14.5 Å². The van der Waals surface area contributed by atoms with E-state index in [9.17, 15) is 24.3 Å². The molecule has 10 heteroatoms. The first kappa shape index (κ1) is 29.2. The Kier molecular flexibility index (Phi) is 7.00. The minimum atomic E-state index is -1.19. The Morgan fingerprint density at radius 2 is 1.59 bits per heavy atom. The normalized spacial score (nSPS) is 29.4. The zero-order valence-corrected chi connectivity index (χ0v) is 27.6. The highest BCUT2D eigenvalue weighted by molar-refractivity contribution is 14.1. The maximum absolute atomic E-state index is 14.5. The molecule has 2 heterocycles. The fourth-order valence-corrected chi connectivity index (χ4v) is 8.80. The Bertz CT molecular complexity index is 1780. The van der Waals surface area contributed by atoms with E-state index in [0.29, 0.717) is 27.8 Å². The lowest BCUT2D eigenvalue weighted by atomic mass is 9.51. The van der Waals surface area contributed by atoms with Gasteiger partial charge in [0.1, 0.15) is 0 Å². The number of ether oxygens (including phenoxy) is 1. The van der Waals surface area contributed by atoms with Crippen LogP contribution in [0, 0.1) is 32.7 Å². The minimum Gasteiger partial charge on any atom is -0.503 e. The predicted octanol–water partition coefficient (Wildman–Crippen LogP) is 6.20. The molecule has 6 atom stereocenters. The number of halogens is 2. The third kappa shape index (κ3) is 4.06. The van der Waals surface area contributed by atoms with Crippen LogP contribution in [0.25, 0.3) is 0 Å². The van der Waals surface area contributed by atoms with Crippen LogP contribution in [0.4, 0.5) is 11.4 Å². The van der Waals surface area contributed by atoms with E-state index >= 15 is 0 Å². The number of phenolic OH excluding ortho intramolecular Hbond substituents is 1. The number of rotatable bonds is 4. The number of carbonyl (C=O) groups is 4. The highest BCUT2D eigenvalue weighted by Crippen LogP contribution is 2.64. The SMILES string of the molecule is COc1cc(C2C3=CCC4C(=O)N(c5ccc(I)cc5)C(=O)C4C3CC3C(=O)N(c4ccccc4)C(=O)C32C)cc(Br)c1O. The molecule has 44 heavy (non-hydrogen) atoms. The van der Waals surface area contributed by atoms with E-state index in [4.69, 9.17) is 4.74 Å². The Balaban J connectivity index is 1.39. The molecule has 4 aliphatic rings. The first-order valence-electron chi connectivity index (χ1n) is 14.4. The summed E-state index contributed by atoms with van der Waals surface area (Å²) in [4.78, 5) is 59.3. The standard InChI is InChI=1S/C34H28BrIN2O6/c1-34-24(31(41)38(33(34)43)19-6-4-3-5-7-19)16-23-21(28(34)17-14-25(35)29(39)26(15-17)44-2)12-13-22-27(23)32(42)37(30(22)40)20-10-8-18(36)9-11-20/h3-12,14-15,22-24,27-28,39H,13,16H2,1-2H3. The number of hydrogen-bond acceptors (Lipinski definition) is 6. The molecule has 224 valence electrons. The van der Waals surface area contributed by atoms with Crippen LogP contribution in [0.5, 0.6) is 11.5 Å². The van der Waals surface area contributed by atoms with Crippen molar-refractivity contribution in [2.75, 3.05) is 16.9 Å². The van der Waals surface area contributed by atoms with Gasteiger partial charge in [0.25, 0.3) is 0 Å². The second kappa shape index (κ2) is 10.5. The van der Waals surface area contributed by atoms with Gasteiger partial charge in [-0.15, -0.1) is 0 Å². The van der Waals surface area contributed by atoms with Crippen molar-refractivity contribution in [3.8, 4) is 11.5 Å². The van der Waals surface area contributed by atoms with Gasteiger partial charge in [0.2, 0.25) is 23.6 Å². The predicted molar refractivity (Wildman–Crippen MR) is 175 cm³/mol. The summed E-state index contributed by atoms with van der Waals surface area (Å²) in [5, 5.41) is 10.6. The summed E-state index contributed by atoms with van der Waals surface area (Å²) in [6.45, 7) is 1.83. The van der Waals surface area contributed by atoms with Crippen molar-refractivity contribution < 1.29 is 29.0 Å². The Morgan fingerprint density at radius 3 is 2.27 bits per heavy atom. The average Bonchev–Trinajstić information content (AvgIpc) is 3.39. The largest absolute Gasteiger partial charge is 0.503 e. The molecule has 3 fully saturated rings. The van der Waals surface area contributed by atoms with Crippen molar-refractivity contribution >= 4 is 73.5 Å². The molecular formula is C34H28BrIN2O6. The van der Waals surface area contributed by atoms with Crippen molar-refractivity contribution in [2.45, 2.75) is 25.7 Å². The van der Waals surface area contributed by atoms with Gasteiger partial charge in [-0.1, -0.05) is 29.8 Å². The molecule has 2 aliphatic heterocycles. The summed E-state index contributed by atoms with van der Waals surface area (Å²) in [6, 6.07) is 19.6. The minimum absolute atomic E-state index is 0.0764. The topological polar surface area (TPSA) is 104 Å². The molecule has 7 rings (SSSR count).